The number of hydrogen-bond acceptors (Lipinski definition) is 10. The first-order chi connectivity index (χ1) is 12.3. The standard InChI is InChI=1S/C6H14N2.2C2HF3O2.C2H2O4.Pt/c7-5-3-1-2-4-6(5)8;2*3-2(4,5)1(6)7;3-1(4)2(5)6;/h5-6H,1-4,7-8H2;2*(H,6,7);(H,3,4)(H,5,6);/q;;;;+4/p-4/t5-,6-;;;;/m1..../s1. The second kappa shape index (κ2) is 15.9. The van der Waals surface area contributed by atoms with Gasteiger partial charge in [0.05, 0.1) is 11.9 Å². The van der Waals surface area contributed by atoms with Crippen LogP contribution in [-0.2, 0) is 40.2 Å². The Morgan fingerprint density at radius 3 is 0.897 bits per heavy atom. The summed E-state index contributed by atoms with van der Waals surface area (Å²) in [5, 5.41) is 35.4. The van der Waals surface area contributed by atoms with Crippen molar-refractivity contribution >= 4 is 23.9 Å². The van der Waals surface area contributed by atoms with Crippen LogP contribution in [0.5, 0.6) is 0 Å². The number of carbonyl (C=O) groups is 4. The first-order valence-corrected chi connectivity index (χ1v) is 6.83. The van der Waals surface area contributed by atoms with E-state index in [-0.39, 0.29) is 33.1 Å². The maximum absolute atomic E-state index is 10.5. The number of carbonyl (C=O) groups excluding carboxylic acids is 4. The average molecular weight is 623 g/mol. The van der Waals surface area contributed by atoms with Crippen LogP contribution < -0.4 is 31.9 Å². The maximum atomic E-state index is 10.5. The van der Waals surface area contributed by atoms with Gasteiger partial charge in [-0.05, 0) is 12.8 Å². The molecule has 0 aromatic heterocycles. The summed E-state index contributed by atoms with van der Waals surface area (Å²) < 4.78 is 63.1. The van der Waals surface area contributed by atoms with E-state index in [0.29, 0.717) is 0 Å². The number of hydrogen-bond donors (Lipinski definition) is 2. The minimum absolute atomic E-state index is 0. The molecule has 0 aromatic carbocycles. The van der Waals surface area contributed by atoms with Gasteiger partial charge in [-0.1, -0.05) is 12.8 Å². The minimum atomic E-state index is -5.19. The topological polar surface area (TPSA) is 213 Å². The molecule has 0 unspecified atom stereocenters. The Hall–Kier alpha value is -1.93. The van der Waals surface area contributed by atoms with Crippen molar-refractivity contribution in [3.8, 4) is 0 Å². The molecule has 1 rings (SSSR count). The molecule has 4 N–H and O–H groups in total. The van der Waals surface area contributed by atoms with Crippen LogP contribution in [-0.4, -0.2) is 48.3 Å². The first-order valence-electron chi connectivity index (χ1n) is 6.83. The molecule has 0 radical (unpaired) electrons. The van der Waals surface area contributed by atoms with E-state index in [0.717, 1.165) is 12.8 Å². The van der Waals surface area contributed by atoms with Crippen molar-refractivity contribution in [2.24, 2.45) is 11.5 Å². The van der Waals surface area contributed by atoms with Gasteiger partial charge < -0.3 is 51.1 Å². The van der Waals surface area contributed by atoms with Crippen LogP contribution in [0, 0.1) is 0 Å². The van der Waals surface area contributed by atoms with Crippen molar-refractivity contribution < 1.29 is 87.0 Å². The number of alkyl halides is 6. The molecule has 1 aliphatic rings. The van der Waals surface area contributed by atoms with Gasteiger partial charge >= 0.3 is 33.4 Å². The van der Waals surface area contributed by atoms with Crippen LogP contribution in [0.1, 0.15) is 25.7 Å². The molecule has 0 heterocycles. The van der Waals surface area contributed by atoms with Crippen molar-refractivity contribution in [3.05, 3.63) is 0 Å². The van der Waals surface area contributed by atoms with Gasteiger partial charge in [-0.15, -0.1) is 0 Å². The van der Waals surface area contributed by atoms with E-state index in [2.05, 4.69) is 0 Å². The molecule has 0 bridgehead atoms. The summed E-state index contributed by atoms with van der Waals surface area (Å²) in [6.45, 7) is 0. The SMILES string of the molecule is N[C@@H]1CCCC[C@H]1N.O=C([O-])C(=O)[O-].O=C([O-])C(F)(F)F.O=C([O-])C(F)(F)F.[Pt+4]. The number of aliphatic carboxylic acids is 4. The third-order valence-corrected chi connectivity index (χ3v) is 2.50. The molecule has 2 atom stereocenters. The second-order valence-electron chi connectivity index (χ2n) is 4.76. The van der Waals surface area contributed by atoms with E-state index < -0.39 is 36.2 Å². The summed E-state index contributed by atoms with van der Waals surface area (Å²) >= 11 is 0. The molecule has 17 heteroatoms. The van der Waals surface area contributed by atoms with Crippen molar-refractivity contribution in [2.75, 3.05) is 0 Å². The monoisotopic (exact) mass is 623 g/mol. The van der Waals surface area contributed by atoms with E-state index in [1.807, 2.05) is 0 Å². The Balaban J connectivity index is -0.000000143. The molecule has 0 aliphatic heterocycles. The summed E-state index contributed by atoms with van der Waals surface area (Å²) in [5.41, 5.74) is 11.3. The third-order valence-electron chi connectivity index (χ3n) is 2.50. The summed E-state index contributed by atoms with van der Waals surface area (Å²) in [7, 11) is 0. The van der Waals surface area contributed by atoms with Crippen LogP contribution in [0.2, 0.25) is 0 Å². The van der Waals surface area contributed by atoms with Gasteiger partial charge in [0.15, 0.2) is 0 Å². The summed E-state index contributed by atoms with van der Waals surface area (Å²) in [6.07, 6.45) is -5.59. The molecule has 0 aromatic rings. The van der Waals surface area contributed by atoms with Gasteiger partial charge in [0.25, 0.3) is 0 Å². The van der Waals surface area contributed by atoms with Crippen LogP contribution >= 0.6 is 0 Å². The van der Waals surface area contributed by atoms with Crippen molar-refractivity contribution in [1.29, 1.82) is 0 Å². The fourth-order valence-electron chi connectivity index (χ4n) is 1.19. The van der Waals surface area contributed by atoms with Crippen molar-refractivity contribution in [1.82, 2.24) is 0 Å². The Labute approximate surface area is 173 Å². The van der Waals surface area contributed by atoms with Gasteiger partial charge in [-0.2, -0.15) is 26.3 Å². The molecule has 29 heavy (non-hydrogen) atoms. The van der Waals surface area contributed by atoms with Crippen LogP contribution in [0.15, 0.2) is 0 Å². The number of halogens is 6. The fraction of sp³-hybridized carbons (Fsp3) is 0.667. The van der Waals surface area contributed by atoms with E-state index in [9.17, 15) is 26.3 Å². The van der Waals surface area contributed by atoms with E-state index in [1.165, 1.54) is 12.8 Å². The molecule has 172 valence electrons. The van der Waals surface area contributed by atoms with E-state index in [1.54, 1.807) is 0 Å². The Morgan fingerprint density at radius 1 is 0.655 bits per heavy atom. The quantitative estimate of drug-likeness (QED) is 0.194. The first kappa shape index (κ1) is 34.6. The summed E-state index contributed by atoms with van der Waals surface area (Å²) in [5.74, 6) is -10.4. The zero-order valence-corrected chi connectivity index (χ0v) is 16.3. The third kappa shape index (κ3) is 24.0. The number of carboxylic acids is 4. The molecule has 0 amide bonds. The molecule has 1 saturated carbocycles. The average Bonchev–Trinajstić information content (AvgIpc) is 2.50. The number of carboxylic acid groups (broad SMARTS) is 4. The van der Waals surface area contributed by atoms with Gasteiger partial charge in [-0.25, -0.2) is 0 Å². The normalized spacial score (nSPS) is 17.9. The van der Waals surface area contributed by atoms with E-state index in [4.69, 9.17) is 51.1 Å². The molecule has 0 spiro atoms. The maximum Gasteiger partial charge on any atom is 4.00 e. The van der Waals surface area contributed by atoms with Gasteiger partial charge in [0.1, 0.15) is 11.9 Å². The van der Waals surface area contributed by atoms with Crippen LogP contribution in [0.4, 0.5) is 26.3 Å². The van der Waals surface area contributed by atoms with Crippen molar-refractivity contribution in [2.45, 2.75) is 50.1 Å². The number of rotatable bonds is 0. The second-order valence-corrected chi connectivity index (χ2v) is 4.76. The summed E-state index contributed by atoms with van der Waals surface area (Å²) in [6, 6.07) is 0.562. The fourth-order valence-corrected chi connectivity index (χ4v) is 1.19. The smallest absolute Gasteiger partial charge is 0.543 e. The molecular weight excluding hydrogens is 609 g/mol. The van der Waals surface area contributed by atoms with Crippen LogP contribution in [0.3, 0.4) is 0 Å². The molecule has 1 fully saturated rings. The summed E-state index contributed by atoms with van der Waals surface area (Å²) in [4.78, 5) is 35.4. The zero-order valence-electron chi connectivity index (χ0n) is 14.0. The van der Waals surface area contributed by atoms with E-state index >= 15 is 0 Å². The van der Waals surface area contributed by atoms with Crippen LogP contribution in [0.25, 0.3) is 0 Å². The van der Waals surface area contributed by atoms with Gasteiger partial charge in [-0.3, -0.25) is 0 Å². The Kier molecular flexibility index (Phi) is 19.0. The molecule has 0 saturated heterocycles. The molecular formula is C12H14F6N2O8Pt. The van der Waals surface area contributed by atoms with Crippen molar-refractivity contribution in [3.63, 3.8) is 0 Å². The molecule has 1 aliphatic carbocycles. The predicted octanol–water partition coefficient (Wildman–Crippen LogP) is -4.70. The molecule has 10 nitrogen and oxygen atoms in total. The minimum Gasteiger partial charge on any atom is -0.543 e. The largest absolute Gasteiger partial charge is 4.00 e. The Bertz CT molecular complexity index is 484. The predicted molar refractivity (Wildman–Crippen MR) is 66.6 cm³/mol. The zero-order chi connectivity index (χ0) is 23.3. The van der Waals surface area contributed by atoms with Gasteiger partial charge in [0.2, 0.25) is 0 Å². The Morgan fingerprint density at radius 2 is 0.828 bits per heavy atom. The number of nitrogens with two attached hydrogens (primary N) is 2. The van der Waals surface area contributed by atoms with Gasteiger partial charge in [0, 0.05) is 12.1 Å².